The van der Waals surface area contributed by atoms with Crippen LogP contribution in [-0.2, 0) is 9.47 Å². The third-order valence-corrected chi connectivity index (χ3v) is 2.17. The highest BCUT2D eigenvalue weighted by atomic mass is 19.4. The van der Waals surface area contributed by atoms with Gasteiger partial charge < -0.3 is 19.9 Å². The van der Waals surface area contributed by atoms with E-state index >= 15 is 0 Å². The molecule has 0 rings (SSSR count). The smallest absolute Gasteiger partial charge is 0.389 e. The van der Waals surface area contributed by atoms with Crippen LogP contribution in [0.15, 0.2) is 0 Å². The number of hydrogen-bond acceptors (Lipinski definition) is 4. The Kier molecular flexibility index (Phi) is 9.35. The summed E-state index contributed by atoms with van der Waals surface area (Å²) in [6.45, 7) is 2.83. The van der Waals surface area contributed by atoms with Crippen molar-refractivity contribution in [1.82, 2.24) is 5.32 Å². The van der Waals surface area contributed by atoms with Crippen LogP contribution in [0.25, 0.3) is 0 Å². The number of rotatable bonds is 10. The van der Waals surface area contributed by atoms with E-state index in [1.54, 1.807) is 7.11 Å². The molecule has 0 heterocycles. The van der Waals surface area contributed by atoms with Crippen molar-refractivity contribution < 1.29 is 27.8 Å². The Labute approximate surface area is 105 Å². The summed E-state index contributed by atoms with van der Waals surface area (Å²) in [6.07, 6.45) is -5.75. The summed E-state index contributed by atoms with van der Waals surface area (Å²) in [5, 5.41) is 12.2. The van der Waals surface area contributed by atoms with Gasteiger partial charge in [-0.2, -0.15) is 13.2 Å². The third-order valence-electron chi connectivity index (χ3n) is 2.17. The lowest BCUT2D eigenvalue weighted by molar-refractivity contribution is -0.135. The van der Waals surface area contributed by atoms with Gasteiger partial charge in [0.25, 0.3) is 0 Å². The number of methoxy groups -OCH3 is 1. The second-order valence-electron chi connectivity index (χ2n) is 4.18. The molecule has 0 bridgehead atoms. The fourth-order valence-corrected chi connectivity index (χ4v) is 1.30. The average Bonchev–Trinajstić information content (AvgIpc) is 2.25. The molecule has 2 atom stereocenters. The summed E-state index contributed by atoms with van der Waals surface area (Å²) < 4.78 is 45.6. The Hall–Kier alpha value is -0.370. The van der Waals surface area contributed by atoms with E-state index < -0.39 is 18.7 Å². The molecule has 0 spiro atoms. The minimum absolute atomic E-state index is 0.0111. The van der Waals surface area contributed by atoms with E-state index in [1.807, 2.05) is 6.92 Å². The van der Waals surface area contributed by atoms with Crippen LogP contribution in [0.1, 0.15) is 19.8 Å². The fraction of sp³-hybridized carbons (Fsp3) is 1.00. The Morgan fingerprint density at radius 2 is 1.94 bits per heavy atom. The lowest BCUT2D eigenvalue weighted by atomic mass is 10.3. The SMILES string of the molecule is COCC(C)OCC(O)CNCCCC(F)(F)F. The summed E-state index contributed by atoms with van der Waals surface area (Å²) in [5.41, 5.74) is 0. The van der Waals surface area contributed by atoms with Crippen molar-refractivity contribution in [3.05, 3.63) is 0 Å². The molecule has 0 radical (unpaired) electrons. The molecule has 2 N–H and O–H groups in total. The van der Waals surface area contributed by atoms with E-state index in [1.165, 1.54) is 0 Å². The van der Waals surface area contributed by atoms with Crippen LogP contribution >= 0.6 is 0 Å². The summed E-state index contributed by atoms with van der Waals surface area (Å²) in [4.78, 5) is 0. The summed E-state index contributed by atoms with van der Waals surface area (Å²) >= 11 is 0. The van der Waals surface area contributed by atoms with Crippen LogP contribution in [0.5, 0.6) is 0 Å². The zero-order valence-corrected chi connectivity index (χ0v) is 10.8. The van der Waals surface area contributed by atoms with Crippen molar-refractivity contribution in [2.45, 2.75) is 38.1 Å². The Morgan fingerprint density at radius 1 is 1.28 bits per heavy atom. The van der Waals surface area contributed by atoms with Crippen molar-refractivity contribution in [3.8, 4) is 0 Å². The number of halogens is 3. The largest absolute Gasteiger partial charge is 0.389 e. The first-order valence-corrected chi connectivity index (χ1v) is 5.91. The van der Waals surface area contributed by atoms with Gasteiger partial charge in [0.15, 0.2) is 0 Å². The number of ether oxygens (including phenoxy) is 2. The van der Waals surface area contributed by atoms with Crippen LogP contribution in [0.2, 0.25) is 0 Å². The van der Waals surface area contributed by atoms with Crippen LogP contribution in [-0.4, -0.2) is 56.9 Å². The van der Waals surface area contributed by atoms with Crippen molar-refractivity contribution in [1.29, 1.82) is 0 Å². The average molecular weight is 273 g/mol. The molecule has 0 aromatic heterocycles. The highest BCUT2D eigenvalue weighted by Gasteiger charge is 2.25. The van der Waals surface area contributed by atoms with E-state index in [0.29, 0.717) is 6.61 Å². The predicted octanol–water partition coefficient (Wildman–Crippen LogP) is 1.33. The molecule has 0 aliphatic heterocycles. The first-order valence-electron chi connectivity index (χ1n) is 5.91. The van der Waals surface area contributed by atoms with Gasteiger partial charge in [-0.25, -0.2) is 0 Å². The number of alkyl halides is 3. The molecule has 2 unspecified atom stereocenters. The fourth-order valence-electron chi connectivity index (χ4n) is 1.30. The van der Waals surface area contributed by atoms with Gasteiger partial charge >= 0.3 is 6.18 Å². The van der Waals surface area contributed by atoms with Gasteiger partial charge in [0, 0.05) is 20.1 Å². The van der Waals surface area contributed by atoms with Crippen LogP contribution in [0.4, 0.5) is 13.2 Å². The van der Waals surface area contributed by atoms with Crippen LogP contribution < -0.4 is 5.32 Å². The third kappa shape index (κ3) is 12.1. The van der Waals surface area contributed by atoms with E-state index in [9.17, 15) is 18.3 Å². The van der Waals surface area contributed by atoms with Crippen molar-refractivity contribution in [2.24, 2.45) is 0 Å². The zero-order valence-electron chi connectivity index (χ0n) is 10.8. The minimum atomic E-state index is -4.11. The molecule has 0 aromatic rings. The maximum atomic E-state index is 11.8. The van der Waals surface area contributed by atoms with Gasteiger partial charge in [-0.15, -0.1) is 0 Å². The van der Waals surface area contributed by atoms with Crippen molar-refractivity contribution in [2.75, 3.05) is 33.4 Å². The molecule has 0 aliphatic carbocycles. The van der Waals surface area contributed by atoms with Crippen LogP contribution in [0, 0.1) is 0 Å². The van der Waals surface area contributed by atoms with Gasteiger partial charge in [-0.1, -0.05) is 0 Å². The predicted molar refractivity (Wildman–Crippen MR) is 61.5 cm³/mol. The minimum Gasteiger partial charge on any atom is -0.389 e. The lowest BCUT2D eigenvalue weighted by Gasteiger charge is -2.16. The van der Waals surface area contributed by atoms with Gasteiger partial charge in [-0.05, 0) is 19.9 Å². The summed E-state index contributed by atoms with van der Waals surface area (Å²) in [7, 11) is 1.55. The first-order chi connectivity index (χ1) is 8.35. The Morgan fingerprint density at radius 3 is 2.50 bits per heavy atom. The quantitative estimate of drug-likeness (QED) is 0.590. The molecular formula is C11H22F3NO3. The molecule has 0 fully saturated rings. The van der Waals surface area contributed by atoms with Gasteiger partial charge in [0.1, 0.15) is 0 Å². The highest BCUT2D eigenvalue weighted by molar-refractivity contribution is 4.61. The monoisotopic (exact) mass is 273 g/mol. The molecule has 0 amide bonds. The van der Waals surface area contributed by atoms with Gasteiger partial charge in [0.2, 0.25) is 0 Å². The first kappa shape index (κ1) is 17.6. The zero-order chi connectivity index (χ0) is 14.0. The second kappa shape index (κ2) is 9.55. The molecule has 0 aliphatic rings. The lowest BCUT2D eigenvalue weighted by Crippen LogP contribution is -2.33. The maximum absolute atomic E-state index is 11.8. The summed E-state index contributed by atoms with van der Waals surface area (Å²) in [6, 6.07) is 0. The summed E-state index contributed by atoms with van der Waals surface area (Å²) in [5.74, 6) is 0. The standard InChI is InChI=1S/C11H22F3NO3/c1-9(7-17-2)18-8-10(16)6-15-5-3-4-11(12,13)14/h9-10,15-16H,3-8H2,1-2H3. The number of aliphatic hydroxyl groups is 1. The van der Waals surface area contributed by atoms with Gasteiger partial charge in [0.05, 0.1) is 25.4 Å². The Bertz CT molecular complexity index is 202. The van der Waals surface area contributed by atoms with Crippen LogP contribution in [0.3, 0.4) is 0 Å². The van der Waals surface area contributed by atoms with E-state index in [4.69, 9.17) is 9.47 Å². The molecule has 110 valence electrons. The van der Waals surface area contributed by atoms with E-state index in [0.717, 1.165) is 0 Å². The Balaban J connectivity index is 3.39. The topological polar surface area (TPSA) is 50.7 Å². The molecular weight excluding hydrogens is 251 g/mol. The van der Waals surface area contributed by atoms with Crippen molar-refractivity contribution >= 4 is 0 Å². The molecule has 0 saturated carbocycles. The molecule has 0 saturated heterocycles. The van der Waals surface area contributed by atoms with Crippen molar-refractivity contribution in [3.63, 3.8) is 0 Å². The normalized spacial score (nSPS) is 15.7. The molecule has 18 heavy (non-hydrogen) atoms. The molecule has 4 nitrogen and oxygen atoms in total. The molecule has 0 aromatic carbocycles. The second-order valence-corrected chi connectivity index (χ2v) is 4.18. The van der Waals surface area contributed by atoms with E-state index in [-0.39, 0.29) is 32.2 Å². The maximum Gasteiger partial charge on any atom is 0.389 e. The highest BCUT2D eigenvalue weighted by Crippen LogP contribution is 2.20. The number of aliphatic hydroxyl groups excluding tert-OH is 1. The number of nitrogens with one attached hydrogen (secondary N) is 1. The van der Waals surface area contributed by atoms with Gasteiger partial charge in [-0.3, -0.25) is 0 Å². The van der Waals surface area contributed by atoms with E-state index in [2.05, 4.69) is 5.32 Å². The number of hydrogen-bond donors (Lipinski definition) is 2. The molecule has 7 heteroatoms.